The number of amides is 1. The third kappa shape index (κ3) is 7.41. The van der Waals surface area contributed by atoms with Gasteiger partial charge in [0, 0.05) is 26.2 Å². The van der Waals surface area contributed by atoms with Crippen LogP contribution in [0.25, 0.3) is 10.8 Å². The van der Waals surface area contributed by atoms with E-state index in [1.165, 1.54) is 49.4 Å². The molecule has 0 bridgehead atoms. The van der Waals surface area contributed by atoms with E-state index in [1.807, 2.05) is 0 Å². The fourth-order valence-corrected chi connectivity index (χ4v) is 5.41. The maximum absolute atomic E-state index is 12.9. The summed E-state index contributed by atoms with van der Waals surface area (Å²) in [7, 11) is 0. The van der Waals surface area contributed by atoms with Gasteiger partial charge in [-0.1, -0.05) is 73.9 Å². The van der Waals surface area contributed by atoms with Crippen molar-refractivity contribution in [2.75, 3.05) is 39.3 Å². The van der Waals surface area contributed by atoms with Gasteiger partial charge in [-0.05, 0) is 66.9 Å². The molecule has 1 aliphatic carbocycles. The first-order chi connectivity index (χ1) is 16.3. The van der Waals surface area contributed by atoms with Crippen LogP contribution in [0.1, 0.15) is 50.5 Å². The number of hydrogen-bond donors (Lipinski definition) is 2. The summed E-state index contributed by atoms with van der Waals surface area (Å²) in [5.41, 5.74) is 1.14. The van der Waals surface area contributed by atoms with Crippen LogP contribution >= 0.6 is 0 Å². The number of piperidine rings is 1. The average Bonchev–Trinajstić information content (AvgIpc) is 2.87. The highest BCUT2D eigenvalue weighted by Crippen LogP contribution is 2.23. The van der Waals surface area contributed by atoms with Crippen molar-refractivity contribution in [3.05, 3.63) is 60.2 Å². The van der Waals surface area contributed by atoms with Crippen LogP contribution in [-0.2, 0) is 11.2 Å². The number of carbonyl (C=O) groups excluding carboxylic acids is 1. The van der Waals surface area contributed by atoms with Gasteiger partial charge in [0.1, 0.15) is 0 Å². The van der Waals surface area contributed by atoms with Crippen LogP contribution in [0.3, 0.4) is 0 Å². The van der Waals surface area contributed by atoms with Gasteiger partial charge in [-0.3, -0.25) is 4.79 Å². The van der Waals surface area contributed by atoms with Gasteiger partial charge in [-0.25, -0.2) is 0 Å². The van der Waals surface area contributed by atoms with Crippen LogP contribution in [0.2, 0.25) is 0 Å². The largest absolute Gasteiger partial charge is 0.342 e. The first kappa shape index (κ1) is 24.0. The summed E-state index contributed by atoms with van der Waals surface area (Å²) >= 11 is 0. The van der Waals surface area contributed by atoms with E-state index >= 15 is 0 Å². The summed E-state index contributed by atoms with van der Waals surface area (Å²) < 4.78 is 0. The second kappa shape index (κ2) is 12.9. The van der Waals surface area contributed by atoms with Crippen LogP contribution in [0.4, 0.5) is 0 Å². The van der Waals surface area contributed by atoms with Gasteiger partial charge in [0.2, 0.25) is 5.91 Å². The molecule has 1 amide bonds. The fraction of sp³-hybridized carbons (Fsp3) is 0.552. The van der Waals surface area contributed by atoms with Crippen molar-refractivity contribution < 1.29 is 4.79 Å². The molecule has 33 heavy (non-hydrogen) atoms. The zero-order chi connectivity index (χ0) is 22.7. The molecule has 4 nitrogen and oxygen atoms in total. The van der Waals surface area contributed by atoms with Crippen molar-refractivity contribution in [2.45, 2.75) is 51.4 Å². The maximum Gasteiger partial charge on any atom is 0.227 e. The lowest BCUT2D eigenvalue weighted by Crippen LogP contribution is -2.41. The predicted molar refractivity (Wildman–Crippen MR) is 138 cm³/mol. The monoisotopic (exact) mass is 447 g/mol. The lowest BCUT2D eigenvalue weighted by molar-refractivity contribution is -0.131. The summed E-state index contributed by atoms with van der Waals surface area (Å²) in [5, 5.41) is 9.58. The second-order valence-electron chi connectivity index (χ2n) is 9.93. The molecule has 4 rings (SSSR count). The SMILES string of the molecule is O=C(Cc1cccc2ccccc12)N1CCC(CNC/C=C\CNCC2CCCCC2)CC1. The van der Waals surface area contributed by atoms with Gasteiger partial charge in [0.15, 0.2) is 0 Å². The topological polar surface area (TPSA) is 44.4 Å². The molecule has 178 valence electrons. The van der Waals surface area contributed by atoms with Crippen LogP contribution in [0, 0.1) is 11.8 Å². The molecule has 0 unspecified atom stereocenters. The molecular formula is C29H41N3O. The van der Waals surface area contributed by atoms with Gasteiger partial charge < -0.3 is 15.5 Å². The van der Waals surface area contributed by atoms with Crippen LogP contribution in [0.15, 0.2) is 54.6 Å². The maximum atomic E-state index is 12.9. The molecule has 2 aromatic carbocycles. The van der Waals surface area contributed by atoms with Gasteiger partial charge >= 0.3 is 0 Å². The van der Waals surface area contributed by atoms with E-state index in [0.29, 0.717) is 12.3 Å². The number of rotatable bonds is 10. The Bertz CT molecular complexity index is 889. The van der Waals surface area contributed by atoms with Crippen molar-refractivity contribution >= 4 is 16.7 Å². The number of benzene rings is 2. The predicted octanol–water partition coefficient (Wildman–Crippen LogP) is 4.94. The summed E-state index contributed by atoms with van der Waals surface area (Å²) in [4.78, 5) is 15.0. The molecule has 0 aromatic heterocycles. The van der Waals surface area contributed by atoms with Crippen molar-refractivity contribution in [1.29, 1.82) is 0 Å². The quantitative estimate of drug-likeness (QED) is 0.401. The van der Waals surface area contributed by atoms with E-state index in [1.54, 1.807) is 0 Å². The standard InChI is InChI=1S/C29H41N3O/c33-29(21-27-13-8-12-26-11-4-5-14-28(26)27)32-19-15-25(16-20-32)23-31-18-7-6-17-30-22-24-9-2-1-3-10-24/h4-8,11-14,24-25,30-31H,1-3,9-10,15-23H2/b7-6-. The molecule has 0 radical (unpaired) electrons. The molecule has 0 atom stereocenters. The number of likely N-dealkylation sites (tertiary alicyclic amines) is 1. The summed E-state index contributed by atoms with van der Waals surface area (Å²) in [6, 6.07) is 14.6. The number of fused-ring (bicyclic) bond motifs is 1. The molecule has 2 fully saturated rings. The molecular weight excluding hydrogens is 406 g/mol. The molecule has 4 heteroatoms. The number of hydrogen-bond acceptors (Lipinski definition) is 3. The van der Waals surface area contributed by atoms with E-state index < -0.39 is 0 Å². The molecule has 1 saturated heterocycles. The van der Waals surface area contributed by atoms with Crippen molar-refractivity contribution in [1.82, 2.24) is 15.5 Å². The number of nitrogens with one attached hydrogen (secondary N) is 2. The lowest BCUT2D eigenvalue weighted by atomic mass is 9.89. The minimum Gasteiger partial charge on any atom is -0.342 e. The van der Waals surface area contributed by atoms with Gasteiger partial charge in [-0.15, -0.1) is 0 Å². The van der Waals surface area contributed by atoms with Crippen LogP contribution < -0.4 is 10.6 Å². The molecule has 2 aromatic rings. The Kier molecular flexibility index (Phi) is 9.37. The van der Waals surface area contributed by atoms with Gasteiger partial charge in [-0.2, -0.15) is 0 Å². The second-order valence-corrected chi connectivity index (χ2v) is 9.93. The van der Waals surface area contributed by atoms with E-state index in [9.17, 15) is 4.79 Å². The van der Waals surface area contributed by atoms with Crippen molar-refractivity contribution in [2.24, 2.45) is 11.8 Å². The zero-order valence-corrected chi connectivity index (χ0v) is 20.1. The van der Waals surface area contributed by atoms with E-state index in [0.717, 1.165) is 57.0 Å². The lowest BCUT2D eigenvalue weighted by Gasteiger charge is -2.32. The van der Waals surface area contributed by atoms with E-state index in [-0.39, 0.29) is 5.91 Å². The van der Waals surface area contributed by atoms with Crippen LogP contribution in [0.5, 0.6) is 0 Å². The number of carbonyl (C=O) groups is 1. The van der Waals surface area contributed by atoms with Crippen molar-refractivity contribution in [3.63, 3.8) is 0 Å². The molecule has 2 N–H and O–H groups in total. The Hall–Kier alpha value is -2.17. The van der Waals surface area contributed by atoms with Crippen LogP contribution in [-0.4, -0.2) is 50.1 Å². The highest BCUT2D eigenvalue weighted by molar-refractivity contribution is 5.90. The summed E-state index contributed by atoms with van der Waals surface area (Å²) in [5.74, 6) is 1.83. The normalized spacial score (nSPS) is 18.4. The third-order valence-corrected chi connectivity index (χ3v) is 7.47. The minimum absolute atomic E-state index is 0.265. The summed E-state index contributed by atoms with van der Waals surface area (Å²) in [6.07, 6.45) is 14.3. The fourth-order valence-electron chi connectivity index (χ4n) is 5.41. The Morgan fingerprint density at radius 1 is 0.818 bits per heavy atom. The first-order valence-corrected chi connectivity index (χ1v) is 13.1. The highest BCUT2D eigenvalue weighted by atomic mass is 16.2. The molecule has 1 saturated carbocycles. The Balaban J connectivity index is 1.09. The number of nitrogens with zero attached hydrogens (tertiary/aromatic N) is 1. The third-order valence-electron chi connectivity index (χ3n) is 7.47. The smallest absolute Gasteiger partial charge is 0.227 e. The molecule has 1 heterocycles. The van der Waals surface area contributed by atoms with Gasteiger partial charge in [0.05, 0.1) is 6.42 Å². The molecule has 0 spiro atoms. The summed E-state index contributed by atoms with van der Waals surface area (Å²) in [6.45, 7) is 5.91. The first-order valence-electron chi connectivity index (χ1n) is 13.1. The average molecular weight is 448 g/mol. The molecule has 1 aliphatic heterocycles. The Morgan fingerprint density at radius 2 is 1.45 bits per heavy atom. The highest BCUT2D eigenvalue weighted by Gasteiger charge is 2.22. The molecule has 2 aliphatic rings. The zero-order valence-electron chi connectivity index (χ0n) is 20.1. The van der Waals surface area contributed by atoms with E-state index in [2.05, 4.69) is 70.2 Å². The van der Waals surface area contributed by atoms with Gasteiger partial charge in [0.25, 0.3) is 0 Å². The van der Waals surface area contributed by atoms with Crippen molar-refractivity contribution in [3.8, 4) is 0 Å². The van der Waals surface area contributed by atoms with E-state index in [4.69, 9.17) is 0 Å². The Morgan fingerprint density at radius 3 is 2.18 bits per heavy atom. The Labute approximate surface area is 199 Å². The minimum atomic E-state index is 0.265.